The molecule has 2 rings (SSSR count). The maximum absolute atomic E-state index is 13.7. The summed E-state index contributed by atoms with van der Waals surface area (Å²) in [7, 11) is 1.86. The van der Waals surface area contributed by atoms with Gasteiger partial charge in [-0.2, -0.15) is 0 Å². The molecule has 1 N–H and O–H groups in total. The molecule has 0 radical (unpaired) electrons. The third-order valence-corrected chi connectivity index (χ3v) is 4.48. The van der Waals surface area contributed by atoms with Crippen LogP contribution in [0.3, 0.4) is 0 Å². The molecular weight excluding hydrogens is 355 g/mol. The Balaban J connectivity index is 1.89. The minimum atomic E-state index is -0.409. The van der Waals surface area contributed by atoms with E-state index >= 15 is 0 Å². The van der Waals surface area contributed by atoms with Gasteiger partial charge in [0, 0.05) is 11.4 Å². The zero-order chi connectivity index (χ0) is 15.4. The largest absolute Gasteiger partial charge is 0.322 e. The summed E-state index contributed by atoms with van der Waals surface area (Å²) < 4.78 is 14.7. The Bertz CT molecular complexity index is 644. The van der Waals surface area contributed by atoms with Crippen LogP contribution < -0.4 is 5.32 Å². The predicted octanol–water partition coefficient (Wildman–Crippen LogP) is 4.03. The van der Waals surface area contributed by atoms with E-state index in [1.54, 1.807) is 23.5 Å². The highest BCUT2D eigenvalue weighted by atomic mass is 79.9. The van der Waals surface area contributed by atoms with Gasteiger partial charge in [0.25, 0.3) is 0 Å². The highest BCUT2D eigenvalue weighted by Gasteiger charge is 2.11. The van der Waals surface area contributed by atoms with Gasteiger partial charge in [-0.05, 0) is 59.7 Å². The lowest BCUT2D eigenvalue weighted by atomic mass is 10.2. The van der Waals surface area contributed by atoms with Gasteiger partial charge in [-0.1, -0.05) is 6.07 Å². The lowest BCUT2D eigenvalue weighted by Gasteiger charge is -2.15. The molecule has 0 saturated heterocycles. The highest BCUT2D eigenvalue weighted by Crippen LogP contribution is 2.23. The van der Waals surface area contributed by atoms with Gasteiger partial charge in [-0.3, -0.25) is 9.69 Å². The zero-order valence-electron chi connectivity index (χ0n) is 11.8. The fourth-order valence-electron chi connectivity index (χ4n) is 1.92. The van der Waals surface area contributed by atoms with Crippen molar-refractivity contribution >= 4 is 38.9 Å². The Morgan fingerprint density at radius 1 is 1.38 bits per heavy atom. The first-order valence-electron chi connectivity index (χ1n) is 6.43. The Labute approximate surface area is 135 Å². The molecule has 0 aliphatic heterocycles. The van der Waals surface area contributed by atoms with Gasteiger partial charge in [0.15, 0.2) is 0 Å². The average Bonchev–Trinajstić information content (AvgIpc) is 2.78. The Morgan fingerprint density at radius 2 is 2.14 bits per heavy atom. The molecule has 21 heavy (non-hydrogen) atoms. The number of carbonyl (C=O) groups is 1. The summed E-state index contributed by atoms with van der Waals surface area (Å²) in [6, 6.07) is 8.76. The second kappa shape index (κ2) is 7.15. The van der Waals surface area contributed by atoms with Gasteiger partial charge in [0.05, 0.1) is 16.0 Å². The lowest BCUT2D eigenvalue weighted by Crippen LogP contribution is -2.29. The van der Waals surface area contributed by atoms with Gasteiger partial charge in [-0.15, -0.1) is 11.3 Å². The standard InChI is InChI=1S/C15H16BrFN2OS/c1-10-3-5-13(12(17)7-10)18-15(20)9-19(2)8-11-4-6-14(16)21-11/h3-7H,8-9H2,1-2H3,(H,18,20). The van der Waals surface area contributed by atoms with Crippen LogP contribution in [0.5, 0.6) is 0 Å². The quantitative estimate of drug-likeness (QED) is 0.861. The molecule has 0 unspecified atom stereocenters. The molecular formula is C15H16BrFN2OS. The third-order valence-electron chi connectivity index (χ3n) is 2.87. The fraction of sp³-hybridized carbons (Fsp3) is 0.267. The molecule has 3 nitrogen and oxygen atoms in total. The lowest BCUT2D eigenvalue weighted by molar-refractivity contribution is -0.117. The SMILES string of the molecule is Cc1ccc(NC(=O)CN(C)Cc2ccc(Br)s2)c(F)c1. The third kappa shape index (κ3) is 4.91. The zero-order valence-corrected chi connectivity index (χ0v) is 14.2. The predicted molar refractivity (Wildman–Crippen MR) is 88.1 cm³/mol. The van der Waals surface area contributed by atoms with Crippen molar-refractivity contribution in [1.82, 2.24) is 4.90 Å². The molecule has 0 fully saturated rings. The van der Waals surface area contributed by atoms with Crippen molar-refractivity contribution in [3.05, 3.63) is 50.4 Å². The molecule has 2 aromatic rings. The Kier molecular flexibility index (Phi) is 5.50. The summed E-state index contributed by atoms with van der Waals surface area (Å²) in [5.41, 5.74) is 1.05. The van der Waals surface area contributed by atoms with Crippen LogP contribution in [0.25, 0.3) is 0 Å². The Morgan fingerprint density at radius 3 is 2.76 bits per heavy atom. The number of carbonyl (C=O) groups excluding carboxylic acids is 1. The first-order valence-corrected chi connectivity index (χ1v) is 8.04. The number of nitrogens with zero attached hydrogens (tertiary/aromatic N) is 1. The van der Waals surface area contributed by atoms with E-state index in [1.807, 2.05) is 31.0 Å². The van der Waals surface area contributed by atoms with Crippen molar-refractivity contribution in [2.24, 2.45) is 0 Å². The van der Waals surface area contributed by atoms with Crippen molar-refractivity contribution in [3.8, 4) is 0 Å². The van der Waals surface area contributed by atoms with Crippen LogP contribution >= 0.6 is 27.3 Å². The van der Waals surface area contributed by atoms with Gasteiger partial charge in [-0.25, -0.2) is 4.39 Å². The molecule has 1 amide bonds. The number of amides is 1. The second-order valence-electron chi connectivity index (χ2n) is 4.91. The number of benzene rings is 1. The molecule has 1 heterocycles. The Hall–Kier alpha value is -1.24. The van der Waals surface area contributed by atoms with Crippen LogP contribution in [-0.2, 0) is 11.3 Å². The molecule has 0 aliphatic rings. The molecule has 1 aromatic carbocycles. The highest BCUT2D eigenvalue weighted by molar-refractivity contribution is 9.11. The first-order chi connectivity index (χ1) is 9.94. The molecule has 6 heteroatoms. The summed E-state index contributed by atoms with van der Waals surface area (Å²) in [6.45, 7) is 2.70. The van der Waals surface area contributed by atoms with Gasteiger partial charge >= 0.3 is 0 Å². The number of hydrogen-bond acceptors (Lipinski definition) is 3. The number of hydrogen-bond donors (Lipinski definition) is 1. The number of aryl methyl sites for hydroxylation is 1. The first kappa shape index (κ1) is 16.1. The summed E-state index contributed by atoms with van der Waals surface area (Å²) >= 11 is 5.04. The number of nitrogens with one attached hydrogen (secondary N) is 1. The minimum Gasteiger partial charge on any atom is -0.322 e. The van der Waals surface area contributed by atoms with E-state index in [-0.39, 0.29) is 18.1 Å². The fourth-order valence-corrected chi connectivity index (χ4v) is 3.48. The normalized spacial score (nSPS) is 10.9. The van der Waals surface area contributed by atoms with Crippen molar-refractivity contribution in [1.29, 1.82) is 0 Å². The average molecular weight is 371 g/mol. The van der Waals surface area contributed by atoms with Crippen LogP contribution in [0.4, 0.5) is 10.1 Å². The van der Waals surface area contributed by atoms with Gasteiger partial charge in [0.1, 0.15) is 5.82 Å². The van der Waals surface area contributed by atoms with E-state index in [2.05, 4.69) is 21.2 Å². The van der Waals surface area contributed by atoms with Crippen LogP contribution in [0.15, 0.2) is 34.1 Å². The van der Waals surface area contributed by atoms with Crippen molar-refractivity contribution in [3.63, 3.8) is 0 Å². The van der Waals surface area contributed by atoms with E-state index in [4.69, 9.17) is 0 Å². The van der Waals surface area contributed by atoms with Crippen LogP contribution in [-0.4, -0.2) is 24.4 Å². The van der Waals surface area contributed by atoms with Crippen LogP contribution in [0.1, 0.15) is 10.4 Å². The molecule has 0 bridgehead atoms. The smallest absolute Gasteiger partial charge is 0.238 e. The van der Waals surface area contributed by atoms with Crippen LogP contribution in [0.2, 0.25) is 0 Å². The van der Waals surface area contributed by atoms with E-state index in [1.165, 1.54) is 10.9 Å². The molecule has 112 valence electrons. The number of likely N-dealkylation sites (N-methyl/N-ethyl adjacent to an activating group) is 1. The maximum Gasteiger partial charge on any atom is 0.238 e. The monoisotopic (exact) mass is 370 g/mol. The van der Waals surface area contributed by atoms with Gasteiger partial charge < -0.3 is 5.32 Å². The van der Waals surface area contributed by atoms with Crippen molar-refractivity contribution in [2.45, 2.75) is 13.5 Å². The summed E-state index contributed by atoms with van der Waals surface area (Å²) in [5, 5.41) is 2.60. The number of halogens is 2. The van der Waals surface area contributed by atoms with Crippen molar-refractivity contribution in [2.75, 3.05) is 18.9 Å². The van der Waals surface area contributed by atoms with Gasteiger partial charge in [0.2, 0.25) is 5.91 Å². The van der Waals surface area contributed by atoms with E-state index in [0.29, 0.717) is 6.54 Å². The van der Waals surface area contributed by atoms with E-state index in [0.717, 1.165) is 9.35 Å². The van der Waals surface area contributed by atoms with Crippen molar-refractivity contribution < 1.29 is 9.18 Å². The molecule has 0 saturated carbocycles. The summed E-state index contributed by atoms with van der Waals surface area (Å²) in [6.07, 6.45) is 0. The minimum absolute atomic E-state index is 0.211. The molecule has 1 aromatic heterocycles. The summed E-state index contributed by atoms with van der Waals surface area (Å²) in [4.78, 5) is 15.0. The molecule has 0 aliphatic carbocycles. The van der Waals surface area contributed by atoms with E-state index < -0.39 is 5.82 Å². The number of thiophene rings is 1. The molecule has 0 atom stereocenters. The summed E-state index contributed by atoms with van der Waals surface area (Å²) in [5.74, 6) is -0.635. The second-order valence-corrected chi connectivity index (χ2v) is 7.46. The number of rotatable bonds is 5. The topological polar surface area (TPSA) is 32.3 Å². The molecule has 0 spiro atoms. The van der Waals surface area contributed by atoms with Crippen LogP contribution in [0, 0.1) is 12.7 Å². The number of anilines is 1. The van der Waals surface area contributed by atoms with E-state index in [9.17, 15) is 9.18 Å². The maximum atomic E-state index is 13.7.